The van der Waals surface area contributed by atoms with Crippen LogP contribution in [0.15, 0.2) is 83.3 Å². The minimum atomic E-state index is -0.516. The summed E-state index contributed by atoms with van der Waals surface area (Å²) in [6, 6.07) is 22.2. The number of Topliss-reactive ketones (excluding diaryl/α,β-unsaturated/α-hetero) is 1. The molecule has 1 aliphatic heterocycles. The summed E-state index contributed by atoms with van der Waals surface area (Å²) < 4.78 is 11.4. The van der Waals surface area contributed by atoms with E-state index < -0.39 is 5.92 Å². The van der Waals surface area contributed by atoms with Crippen LogP contribution in [0.5, 0.6) is 11.5 Å². The van der Waals surface area contributed by atoms with E-state index in [2.05, 4.69) is 31.2 Å². The Morgan fingerprint density at radius 3 is 2.45 bits per heavy atom. The minimum absolute atomic E-state index is 0.0856. The first-order chi connectivity index (χ1) is 19.4. The third-order valence-electron chi connectivity index (χ3n) is 7.99. The van der Waals surface area contributed by atoms with Gasteiger partial charge in [-0.2, -0.15) is 5.26 Å². The zero-order valence-electron chi connectivity index (χ0n) is 23.6. The lowest BCUT2D eigenvalue weighted by Crippen LogP contribution is -2.39. The highest BCUT2D eigenvalue weighted by atomic mass is 16.5. The zero-order chi connectivity index (χ0) is 28.4. The Morgan fingerprint density at radius 2 is 1.75 bits per heavy atom. The molecular weight excluding hydrogens is 498 g/mol. The fourth-order valence-corrected chi connectivity index (χ4v) is 5.95. The fourth-order valence-electron chi connectivity index (χ4n) is 5.95. The van der Waals surface area contributed by atoms with Crippen molar-refractivity contribution in [1.29, 1.82) is 5.26 Å². The molecule has 6 heteroatoms. The van der Waals surface area contributed by atoms with E-state index in [1.54, 1.807) is 7.11 Å². The molecule has 3 aromatic carbocycles. The Balaban J connectivity index is 1.62. The fraction of sp³-hybridized carbons (Fsp3) is 0.294. The van der Waals surface area contributed by atoms with Gasteiger partial charge in [-0.3, -0.25) is 9.69 Å². The van der Waals surface area contributed by atoms with E-state index in [0.29, 0.717) is 30.0 Å². The van der Waals surface area contributed by atoms with Crippen molar-refractivity contribution >= 4 is 11.5 Å². The van der Waals surface area contributed by atoms with E-state index >= 15 is 0 Å². The second-order valence-electron chi connectivity index (χ2n) is 10.4. The van der Waals surface area contributed by atoms with Crippen LogP contribution in [-0.2, 0) is 17.8 Å². The summed E-state index contributed by atoms with van der Waals surface area (Å²) in [6.45, 7) is 6.53. The Hall–Kier alpha value is -4.50. The van der Waals surface area contributed by atoms with Gasteiger partial charge >= 0.3 is 0 Å². The number of ketones is 1. The number of nitrogens with zero attached hydrogens (tertiary/aromatic N) is 2. The third kappa shape index (κ3) is 4.84. The third-order valence-corrected chi connectivity index (χ3v) is 7.99. The number of allylic oxidation sites excluding steroid dienone is 3. The van der Waals surface area contributed by atoms with Gasteiger partial charge < -0.3 is 15.2 Å². The molecule has 6 nitrogen and oxygen atoms in total. The maximum absolute atomic E-state index is 13.7. The summed E-state index contributed by atoms with van der Waals surface area (Å²) in [5, 5.41) is 10.5. The predicted octanol–water partition coefficient (Wildman–Crippen LogP) is 6.76. The van der Waals surface area contributed by atoms with Gasteiger partial charge in [0, 0.05) is 17.7 Å². The second kappa shape index (κ2) is 11.3. The highest BCUT2D eigenvalue weighted by molar-refractivity contribution is 6.01. The molecule has 204 valence electrons. The molecule has 40 heavy (non-hydrogen) atoms. The molecule has 1 atom stereocenters. The highest BCUT2D eigenvalue weighted by Crippen LogP contribution is 2.48. The number of methoxy groups -OCH3 is 1. The van der Waals surface area contributed by atoms with Crippen LogP contribution in [0.3, 0.4) is 0 Å². The standard InChI is InChI=1S/C34H35N3O3/c1-5-23-9-6-7-10-29(23)37-30-11-8-12-31(38)33(30)32(28(19-35)34(37)36)27-18-21(2)17-24(22(27)3)20-40-26-15-13-25(39-4)14-16-26/h6-7,9-10,13-18,32H,5,8,11-12,20,36H2,1-4H3. The lowest BCUT2D eigenvalue weighted by molar-refractivity contribution is -0.116. The summed E-state index contributed by atoms with van der Waals surface area (Å²) >= 11 is 0. The number of benzene rings is 3. The summed E-state index contributed by atoms with van der Waals surface area (Å²) in [4.78, 5) is 15.6. The van der Waals surface area contributed by atoms with Crippen LogP contribution in [0.2, 0.25) is 0 Å². The number of carbonyl (C=O) groups excluding carboxylic acids is 1. The van der Waals surface area contributed by atoms with Crippen LogP contribution < -0.4 is 20.1 Å². The molecule has 0 aromatic heterocycles. The molecule has 0 spiro atoms. The van der Waals surface area contributed by atoms with Gasteiger partial charge in [-0.05, 0) is 85.7 Å². The first-order valence-corrected chi connectivity index (χ1v) is 13.8. The van der Waals surface area contributed by atoms with Crippen LogP contribution in [0.25, 0.3) is 0 Å². The molecular formula is C34H35N3O3. The number of hydrogen-bond acceptors (Lipinski definition) is 6. The van der Waals surface area contributed by atoms with Crippen molar-refractivity contribution in [2.75, 3.05) is 12.0 Å². The highest BCUT2D eigenvalue weighted by Gasteiger charge is 2.41. The maximum Gasteiger partial charge on any atom is 0.161 e. The number of carbonyl (C=O) groups is 1. The Kier molecular flexibility index (Phi) is 7.66. The molecule has 5 rings (SSSR count). The number of para-hydroxylation sites is 1. The summed E-state index contributed by atoms with van der Waals surface area (Å²) in [6.07, 6.45) is 2.78. The lowest BCUT2D eigenvalue weighted by atomic mass is 9.73. The Morgan fingerprint density at radius 1 is 1.02 bits per heavy atom. The van der Waals surface area contributed by atoms with E-state index in [9.17, 15) is 10.1 Å². The van der Waals surface area contributed by atoms with Crippen molar-refractivity contribution < 1.29 is 14.3 Å². The Labute approximate surface area is 236 Å². The molecule has 0 radical (unpaired) electrons. The Bertz CT molecular complexity index is 1560. The van der Waals surface area contributed by atoms with E-state index in [1.165, 1.54) is 0 Å². The van der Waals surface area contributed by atoms with Gasteiger partial charge in [0.1, 0.15) is 23.9 Å². The minimum Gasteiger partial charge on any atom is -0.497 e. The molecule has 1 aliphatic carbocycles. The van der Waals surface area contributed by atoms with Crippen LogP contribution in [0.4, 0.5) is 5.69 Å². The van der Waals surface area contributed by atoms with Crippen LogP contribution in [-0.4, -0.2) is 12.9 Å². The van der Waals surface area contributed by atoms with Gasteiger partial charge in [-0.25, -0.2) is 0 Å². The molecule has 1 heterocycles. The molecule has 2 N–H and O–H groups in total. The van der Waals surface area contributed by atoms with Crippen LogP contribution in [0.1, 0.15) is 59.9 Å². The average Bonchev–Trinajstić information content (AvgIpc) is 2.97. The molecule has 0 saturated heterocycles. The van der Waals surface area contributed by atoms with Gasteiger partial charge in [0.15, 0.2) is 5.78 Å². The number of rotatable bonds is 7. The number of hydrogen-bond donors (Lipinski definition) is 1. The van der Waals surface area contributed by atoms with Gasteiger partial charge in [0.25, 0.3) is 0 Å². The molecule has 0 bridgehead atoms. The molecule has 1 unspecified atom stereocenters. The van der Waals surface area contributed by atoms with Crippen LogP contribution in [0, 0.1) is 25.2 Å². The second-order valence-corrected chi connectivity index (χ2v) is 10.4. The summed E-state index contributed by atoms with van der Waals surface area (Å²) in [5.74, 6) is 1.48. The van der Waals surface area contributed by atoms with Crippen molar-refractivity contribution in [3.05, 3.63) is 111 Å². The first kappa shape index (κ1) is 27.1. The van der Waals surface area contributed by atoms with Crippen molar-refractivity contribution in [2.45, 2.75) is 59.0 Å². The van der Waals surface area contributed by atoms with Crippen molar-refractivity contribution in [2.24, 2.45) is 5.73 Å². The maximum atomic E-state index is 13.7. The number of nitrogens with two attached hydrogens (primary N) is 1. The van der Waals surface area contributed by atoms with Gasteiger partial charge in [0.05, 0.1) is 30.4 Å². The number of anilines is 1. The monoisotopic (exact) mass is 533 g/mol. The number of nitriles is 1. The van der Waals surface area contributed by atoms with Crippen molar-refractivity contribution in [1.82, 2.24) is 0 Å². The van der Waals surface area contributed by atoms with Gasteiger partial charge in [0.2, 0.25) is 0 Å². The molecule has 0 saturated carbocycles. The van der Waals surface area contributed by atoms with Gasteiger partial charge in [-0.1, -0.05) is 42.8 Å². The largest absolute Gasteiger partial charge is 0.497 e. The molecule has 3 aromatic rings. The van der Waals surface area contributed by atoms with Gasteiger partial charge in [-0.15, -0.1) is 0 Å². The number of aryl methyl sites for hydroxylation is 2. The summed E-state index contributed by atoms with van der Waals surface area (Å²) in [5.41, 5.74) is 14.9. The smallest absolute Gasteiger partial charge is 0.161 e. The predicted molar refractivity (Wildman–Crippen MR) is 157 cm³/mol. The van der Waals surface area contributed by atoms with E-state index in [1.807, 2.05) is 61.2 Å². The van der Waals surface area contributed by atoms with Crippen LogP contribution >= 0.6 is 0 Å². The van der Waals surface area contributed by atoms with Crippen molar-refractivity contribution in [3.8, 4) is 17.6 Å². The normalized spacial score (nSPS) is 17.0. The van der Waals surface area contributed by atoms with E-state index in [4.69, 9.17) is 15.2 Å². The van der Waals surface area contributed by atoms with Crippen molar-refractivity contribution in [3.63, 3.8) is 0 Å². The van der Waals surface area contributed by atoms with E-state index in [-0.39, 0.29) is 5.78 Å². The lowest BCUT2D eigenvalue weighted by Gasteiger charge is -2.40. The molecule has 0 fully saturated rings. The topological polar surface area (TPSA) is 88.6 Å². The molecule has 0 amide bonds. The summed E-state index contributed by atoms with van der Waals surface area (Å²) in [7, 11) is 1.63. The average molecular weight is 534 g/mol. The SMILES string of the molecule is CCc1ccccc1N1C(N)=C(C#N)C(c2cc(C)cc(COc3ccc(OC)cc3)c2C)C2=C1CCCC2=O. The zero-order valence-corrected chi connectivity index (χ0v) is 23.6. The number of ether oxygens (including phenoxy) is 2. The quantitative estimate of drug-likeness (QED) is 0.361. The first-order valence-electron chi connectivity index (χ1n) is 13.8. The molecule has 2 aliphatic rings. The van der Waals surface area contributed by atoms with E-state index in [0.717, 1.165) is 70.0 Å².